The van der Waals surface area contributed by atoms with Gasteiger partial charge in [0.2, 0.25) is 0 Å². The number of hydrogen-bond acceptors (Lipinski definition) is 9. The lowest BCUT2D eigenvalue weighted by Crippen LogP contribution is -2.27. The van der Waals surface area contributed by atoms with Crippen molar-refractivity contribution >= 4 is 11.8 Å². The van der Waals surface area contributed by atoms with Gasteiger partial charge in [0.25, 0.3) is 11.8 Å². The maximum atomic E-state index is 12.7. The highest BCUT2D eigenvalue weighted by Gasteiger charge is 2.12. The molecule has 11 heteroatoms. The number of rotatable bonds is 0. The minimum absolute atomic E-state index is 0.160. The minimum Gasteiger partial charge on any atom is -0.491 e. The van der Waals surface area contributed by atoms with Gasteiger partial charge in [-0.1, -0.05) is 30.3 Å². The van der Waals surface area contributed by atoms with E-state index in [1.54, 1.807) is 18.2 Å². The van der Waals surface area contributed by atoms with Crippen LogP contribution in [0.2, 0.25) is 0 Å². The van der Waals surface area contributed by atoms with Crippen LogP contribution in [0.1, 0.15) is 32.1 Å². The first-order valence-electron chi connectivity index (χ1n) is 14.0. The highest BCUT2D eigenvalue weighted by molar-refractivity contribution is 5.96. The number of ether oxygens (including phenoxy) is 6. The van der Waals surface area contributed by atoms with E-state index in [1.165, 1.54) is 0 Å². The van der Waals surface area contributed by atoms with Gasteiger partial charge >= 0.3 is 0 Å². The predicted molar refractivity (Wildman–Crippen MR) is 154 cm³/mol. The molecule has 0 fully saturated rings. The molecule has 3 aliphatic heterocycles. The van der Waals surface area contributed by atoms with Crippen LogP contribution in [-0.2, 0) is 32.0 Å². The highest BCUT2D eigenvalue weighted by Crippen LogP contribution is 2.13. The fourth-order valence-electron chi connectivity index (χ4n) is 3.84. The Hall–Kier alpha value is -4.03. The summed E-state index contributed by atoms with van der Waals surface area (Å²) < 4.78 is 33.5. The van der Waals surface area contributed by atoms with E-state index in [9.17, 15) is 9.59 Å². The normalized spacial score (nSPS) is 17.3. The third-order valence-corrected chi connectivity index (χ3v) is 6.08. The molecule has 0 saturated heterocycles. The molecule has 42 heavy (non-hydrogen) atoms. The second-order valence-electron chi connectivity index (χ2n) is 9.21. The molecule has 0 unspecified atom stereocenters. The van der Waals surface area contributed by atoms with Gasteiger partial charge in [0.15, 0.2) is 0 Å². The first kappa shape index (κ1) is 30.9. The molecule has 11 nitrogen and oxygen atoms in total. The Bertz CT molecular complexity index is 1140. The lowest BCUT2D eigenvalue weighted by Gasteiger charge is -2.10. The molecule has 6 rings (SSSR count). The van der Waals surface area contributed by atoms with Gasteiger partial charge in [0.05, 0.1) is 52.9 Å². The number of hydrogen-bond donors (Lipinski definition) is 2. The number of nitrogens with one attached hydrogen (secondary N) is 2. The first-order chi connectivity index (χ1) is 20.7. The second-order valence-corrected chi connectivity index (χ2v) is 9.21. The largest absolute Gasteiger partial charge is 0.491 e. The maximum absolute atomic E-state index is 12.7. The van der Waals surface area contributed by atoms with Crippen molar-refractivity contribution in [2.75, 3.05) is 66.1 Å². The van der Waals surface area contributed by atoms with Gasteiger partial charge in [-0.05, 0) is 47.5 Å². The summed E-state index contributed by atoms with van der Waals surface area (Å²) in [5.41, 5.74) is 2.11. The number of fused-ring (bicyclic) bond motifs is 2. The molecule has 0 saturated carbocycles. The lowest BCUT2D eigenvalue weighted by atomic mass is 10.2. The molecule has 0 atom stereocenters. The topological polar surface area (TPSA) is 126 Å². The van der Waals surface area contributed by atoms with Crippen molar-refractivity contribution in [1.29, 1.82) is 0 Å². The fraction of sp³-hybridized carbons (Fsp3) is 0.387. The summed E-state index contributed by atoms with van der Waals surface area (Å²) in [6.07, 6.45) is 0. The van der Waals surface area contributed by atoms with Crippen molar-refractivity contribution < 1.29 is 38.0 Å². The number of pyridine rings is 1. The molecule has 3 aromatic rings. The molecular formula is C31H37N3O8. The molecular weight excluding hydrogens is 542 g/mol. The van der Waals surface area contributed by atoms with Crippen LogP contribution in [0.3, 0.4) is 0 Å². The van der Waals surface area contributed by atoms with Crippen molar-refractivity contribution in [2.24, 2.45) is 0 Å². The molecule has 0 radical (unpaired) electrons. The van der Waals surface area contributed by atoms with E-state index < -0.39 is 0 Å². The van der Waals surface area contributed by atoms with Crippen LogP contribution < -0.4 is 20.1 Å². The molecule has 3 aliphatic rings. The molecule has 224 valence electrons. The van der Waals surface area contributed by atoms with Gasteiger partial charge in [-0.25, -0.2) is 4.98 Å². The van der Waals surface area contributed by atoms with Crippen LogP contribution in [0.5, 0.6) is 11.5 Å². The summed E-state index contributed by atoms with van der Waals surface area (Å²) in [6.45, 7) is 5.16. The fourth-order valence-corrected chi connectivity index (χ4v) is 3.84. The summed E-state index contributed by atoms with van der Waals surface area (Å²) >= 11 is 0. The average Bonchev–Trinajstić information content (AvgIpc) is 3.03. The summed E-state index contributed by atoms with van der Waals surface area (Å²) in [5.74, 6) is 0.662. The van der Waals surface area contributed by atoms with Gasteiger partial charge in [0, 0.05) is 13.1 Å². The van der Waals surface area contributed by atoms with Crippen molar-refractivity contribution in [1.82, 2.24) is 15.6 Å². The van der Waals surface area contributed by atoms with E-state index in [4.69, 9.17) is 28.4 Å². The van der Waals surface area contributed by atoms with Crippen LogP contribution in [0.4, 0.5) is 0 Å². The Kier molecular flexibility index (Phi) is 13.0. The van der Waals surface area contributed by atoms with Gasteiger partial charge in [0.1, 0.15) is 36.1 Å². The van der Waals surface area contributed by atoms with Gasteiger partial charge in [-0.15, -0.1) is 0 Å². The Balaban J connectivity index is 1.31. The number of carbonyl (C=O) groups excluding carboxylic acids is 2. The van der Waals surface area contributed by atoms with Crippen LogP contribution in [0.15, 0.2) is 66.7 Å². The van der Waals surface area contributed by atoms with Gasteiger partial charge < -0.3 is 39.1 Å². The zero-order chi connectivity index (χ0) is 29.2. The quantitative estimate of drug-likeness (QED) is 0.413. The Morgan fingerprint density at radius 2 is 0.833 bits per heavy atom. The Morgan fingerprint density at radius 1 is 0.476 bits per heavy atom. The van der Waals surface area contributed by atoms with Crippen LogP contribution in [0.25, 0.3) is 0 Å². The van der Waals surface area contributed by atoms with E-state index in [2.05, 4.69) is 15.6 Å². The number of nitrogens with zero attached hydrogens (tertiary/aromatic N) is 1. The minimum atomic E-state index is -0.374. The predicted octanol–water partition coefficient (Wildman–Crippen LogP) is 2.78. The standard InChI is InChI=1S/C31H37N3O8/c35-30-28-2-1-3-29(34-28)31(36)33-23-25-6-10-27(11-7-25)42-21-19-40-17-15-38-13-12-37-14-16-39-18-20-41-26-8-4-24(5-9-26)22-32-30/h1-11H,12-23H2,(H,32,35)(H,33,36). The highest BCUT2D eigenvalue weighted by atomic mass is 16.6. The molecule has 2 N–H and O–H groups in total. The molecule has 4 heterocycles. The van der Waals surface area contributed by atoms with E-state index >= 15 is 0 Å². The number of aromatic nitrogens is 1. The number of carbonyl (C=O) groups is 2. The SMILES string of the molecule is O=C1NCc2ccc(cc2)OCCOCCOCCOCCOCCOc2ccc(cc2)CNC(=O)c2cccc1n2. The van der Waals surface area contributed by atoms with Crippen LogP contribution >= 0.6 is 0 Å². The number of amides is 2. The van der Waals surface area contributed by atoms with E-state index in [0.717, 1.165) is 11.1 Å². The molecule has 1 aromatic heterocycles. The van der Waals surface area contributed by atoms with Gasteiger partial charge in [-0.3, -0.25) is 9.59 Å². The van der Waals surface area contributed by atoms with Crippen LogP contribution in [0, 0.1) is 0 Å². The smallest absolute Gasteiger partial charge is 0.270 e. The molecule has 6 bridgehead atoms. The zero-order valence-electron chi connectivity index (χ0n) is 23.5. The van der Waals surface area contributed by atoms with Gasteiger partial charge in [-0.2, -0.15) is 0 Å². The van der Waals surface area contributed by atoms with Crippen molar-refractivity contribution in [3.63, 3.8) is 0 Å². The Morgan fingerprint density at radius 3 is 1.21 bits per heavy atom. The molecule has 2 amide bonds. The maximum Gasteiger partial charge on any atom is 0.270 e. The summed E-state index contributed by atoms with van der Waals surface area (Å²) in [6, 6.07) is 19.6. The van der Waals surface area contributed by atoms with E-state index in [1.807, 2.05) is 48.5 Å². The summed E-state index contributed by atoms with van der Waals surface area (Å²) in [4.78, 5) is 29.6. The Labute approximate surface area is 245 Å². The number of benzene rings is 2. The van der Waals surface area contributed by atoms with E-state index in [-0.39, 0.29) is 23.2 Å². The average molecular weight is 580 g/mol. The third-order valence-electron chi connectivity index (χ3n) is 6.08. The molecule has 0 spiro atoms. The second kappa shape index (κ2) is 17.7. The molecule has 2 aromatic carbocycles. The summed E-state index contributed by atoms with van der Waals surface area (Å²) in [7, 11) is 0. The third kappa shape index (κ3) is 11.1. The molecule has 0 aliphatic carbocycles. The summed E-state index contributed by atoms with van der Waals surface area (Å²) in [5, 5.41) is 5.67. The van der Waals surface area contributed by atoms with E-state index in [0.29, 0.717) is 90.7 Å². The zero-order valence-corrected chi connectivity index (χ0v) is 23.5. The lowest BCUT2D eigenvalue weighted by molar-refractivity contribution is -0.00699. The first-order valence-corrected chi connectivity index (χ1v) is 14.0. The van der Waals surface area contributed by atoms with Crippen molar-refractivity contribution in [3.05, 3.63) is 89.2 Å². The monoisotopic (exact) mass is 579 g/mol. The van der Waals surface area contributed by atoms with Crippen LogP contribution in [-0.4, -0.2) is 82.9 Å². The van der Waals surface area contributed by atoms with Crippen molar-refractivity contribution in [2.45, 2.75) is 13.1 Å². The van der Waals surface area contributed by atoms with Crippen molar-refractivity contribution in [3.8, 4) is 11.5 Å².